The number of nitrogen functional groups attached to an aromatic ring is 1. The van der Waals surface area contributed by atoms with Gasteiger partial charge in [-0.2, -0.15) is 4.98 Å². The van der Waals surface area contributed by atoms with E-state index in [0.717, 1.165) is 12.8 Å². The normalized spacial score (nSPS) is 26.2. The van der Waals surface area contributed by atoms with Crippen LogP contribution in [0.5, 0.6) is 0 Å². The van der Waals surface area contributed by atoms with Crippen LogP contribution in [0.2, 0.25) is 0 Å². The van der Waals surface area contributed by atoms with Crippen LogP contribution in [0.15, 0.2) is 6.33 Å². The zero-order valence-corrected chi connectivity index (χ0v) is 11.3. The molecule has 0 unspecified atom stereocenters. The van der Waals surface area contributed by atoms with Gasteiger partial charge in [-0.1, -0.05) is 19.3 Å². The highest BCUT2D eigenvalue weighted by Gasteiger charge is 2.30. The minimum atomic E-state index is -0.934. The van der Waals surface area contributed by atoms with E-state index in [9.17, 15) is 5.11 Å². The lowest BCUT2D eigenvalue weighted by atomic mass is 9.79. The molecule has 0 saturated heterocycles. The van der Waals surface area contributed by atoms with Crippen LogP contribution in [-0.4, -0.2) is 30.6 Å². The number of anilines is 1. The van der Waals surface area contributed by atoms with Crippen molar-refractivity contribution in [2.75, 3.05) is 5.73 Å². The lowest BCUT2D eigenvalue weighted by molar-refractivity contribution is 0.0410. The molecule has 2 heterocycles. The molecule has 1 aliphatic carbocycles. The molecule has 104 valence electrons. The quantitative estimate of drug-likeness (QED) is 0.626. The lowest BCUT2D eigenvalue weighted by Crippen LogP contribution is -2.32. The molecule has 0 spiro atoms. The van der Waals surface area contributed by atoms with Crippen LogP contribution in [-0.2, 0) is 0 Å². The van der Waals surface area contributed by atoms with E-state index in [1.54, 1.807) is 0 Å². The fraction of sp³-hybridized carbons (Fsp3) is 0.500. The fourth-order valence-corrected chi connectivity index (χ4v) is 2.72. The molecule has 0 amide bonds. The Balaban J connectivity index is 1.91. The summed E-state index contributed by atoms with van der Waals surface area (Å²) in [4.78, 5) is 15.3. The molecule has 1 fully saturated rings. The van der Waals surface area contributed by atoms with Crippen LogP contribution in [0.4, 0.5) is 5.82 Å². The molecular weight excluding hydrogens is 254 g/mol. The van der Waals surface area contributed by atoms with E-state index >= 15 is 0 Å². The summed E-state index contributed by atoms with van der Waals surface area (Å²) in [6.45, 7) is 2.13. The molecular formula is C14H17N5O. The highest BCUT2D eigenvalue weighted by Crippen LogP contribution is 2.31. The minimum Gasteiger partial charge on any atom is -0.382 e. The van der Waals surface area contributed by atoms with Crippen molar-refractivity contribution in [3.05, 3.63) is 12.2 Å². The molecule has 1 aliphatic rings. The maximum absolute atomic E-state index is 10.5. The number of H-pyrrole nitrogens is 1. The highest BCUT2D eigenvalue weighted by molar-refractivity contribution is 5.81. The molecule has 2 aromatic rings. The third-order valence-corrected chi connectivity index (χ3v) is 3.69. The molecule has 0 bridgehead atoms. The maximum atomic E-state index is 10.5. The van der Waals surface area contributed by atoms with Gasteiger partial charge in [0.25, 0.3) is 0 Å². The van der Waals surface area contributed by atoms with E-state index in [1.807, 2.05) is 0 Å². The Hall–Kier alpha value is -2.13. The van der Waals surface area contributed by atoms with Gasteiger partial charge in [-0.3, -0.25) is 0 Å². The van der Waals surface area contributed by atoms with Crippen molar-refractivity contribution < 1.29 is 5.11 Å². The summed E-state index contributed by atoms with van der Waals surface area (Å²) in [7, 11) is 0. The first kappa shape index (κ1) is 12.9. The van der Waals surface area contributed by atoms with Gasteiger partial charge >= 0.3 is 0 Å². The second-order valence-electron chi connectivity index (χ2n) is 5.52. The summed E-state index contributed by atoms with van der Waals surface area (Å²) < 4.78 is 0. The molecule has 0 aromatic carbocycles. The number of aliphatic hydroxyl groups is 1. The minimum absolute atomic E-state index is 0.300. The molecule has 20 heavy (non-hydrogen) atoms. The third-order valence-electron chi connectivity index (χ3n) is 3.69. The zero-order chi connectivity index (χ0) is 14.2. The van der Waals surface area contributed by atoms with Crippen molar-refractivity contribution >= 4 is 17.0 Å². The molecule has 2 atom stereocenters. The number of fused-ring (bicyclic) bond motifs is 1. The highest BCUT2D eigenvalue weighted by atomic mass is 16.3. The largest absolute Gasteiger partial charge is 0.382 e. The summed E-state index contributed by atoms with van der Waals surface area (Å²) in [5.41, 5.74) is 5.98. The summed E-state index contributed by atoms with van der Waals surface area (Å²) >= 11 is 0. The maximum Gasteiger partial charge on any atom is 0.209 e. The van der Waals surface area contributed by atoms with Gasteiger partial charge in [0.05, 0.1) is 6.33 Å². The first-order chi connectivity index (χ1) is 9.56. The molecule has 4 N–H and O–H groups in total. The van der Waals surface area contributed by atoms with E-state index in [-0.39, 0.29) is 0 Å². The number of rotatable bonds is 0. The zero-order valence-electron chi connectivity index (χ0n) is 11.3. The molecule has 0 radical (unpaired) electrons. The lowest BCUT2D eigenvalue weighted by Gasteiger charge is -2.30. The van der Waals surface area contributed by atoms with E-state index < -0.39 is 5.60 Å². The van der Waals surface area contributed by atoms with Crippen molar-refractivity contribution in [2.24, 2.45) is 5.92 Å². The average Bonchev–Trinajstić information content (AvgIpc) is 2.85. The molecule has 1 saturated carbocycles. The Morgan fingerprint density at radius 3 is 3.15 bits per heavy atom. The smallest absolute Gasteiger partial charge is 0.209 e. The van der Waals surface area contributed by atoms with Crippen LogP contribution in [0.25, 0.3) is 11.2 Å². The van der Waals surface area contributed by atoms with Crippen LogP contribution < -0.4 is 5.73 Å². The first-order valence-corrected chi connectivity index (χ1v) is 6.78. The second-order valence-corrected chi connectivity index (χ2v) is 5.52. The predicted octanol–water partition coefficient (Wildman–Crippen LogP) is 1.23. The predicted molar refractivity (Wildman–Crippen MR) is 75.6 cm³/mol. The van der Waals surface area contributed by atoms with Crippen LogP contribution in [0.3, 0.4) is 0 Å². The Morgan fingerprint density at radius 2 is 2.35 bits per heavy atom. The van der Waals surface area contributed by atoms with Gasteiger partial charge < -0.3 is 15.8 Å². The second kappa shape index (κ2) is 4.76. The van der Waals surface area contributed by atoms with Gasteiger partial charge in [0.1, 0.15) is 11.1 Å². The summed E-state index contributed by atoms with van der Waals surface area (Å²) in [6, 6.07) is 0. The summed E-state index contributed by atoms with van der Waals surface area (Å²) in [5, 5.41) is 10.5. The van der Waals surface area contributed by atoms with Gasteiger partial charge in [-0.05, 0) is 31.1 Å². The van der Waals surface area contributed by atoms with Crippen LogP contribution in [0.1, 0.15) is 38.4 Å². The van der Waals surface area contributed by atoms with E-state index in [4.69, 9.17) is 5.73 Å². The third kappa shape index (κ3) is 2.45. The number of hydrogen-bond acceptors (Lipinski definition) is 5. The molecule has 0 aliphatic heterocycles. The average molecular weight is 271 g/mol. The Kier molecular flexibility index (Phi) is 3.07. The van der Waals surface area contributed by atoms with Crippen molar-refractivity contribution in [2.45, 2.75) is 38.2 Å². The van der Waals surface area contributed by atoms with E-state index in [2.05, 4.69) is 38.7 Å². The Labute approximate surface area is 116 Å². The number of nitrogens with zero attached hydrogens (tertiary/aromatic N) is 3. The summed E-state index contributed by atoms with van der Waals surface area (Å²) in [6.07, 6.45) is 5.05. The van der Waals surface area contributed by atoms with Gasteiger partial charge in [-0.25, -0.2) is 9.97 Å². The van der Waals surface area contributed by atoms with Crippen molar-refractivity contribution in [1.29, 1.82) is 0 Å². The number of nitrogens with two attached hydrogens (primary N) is 1. The molecule has 6 heteroatoms. The Morgan fingerprint density at radius 1 is 1.50 bits per heavy atom. The van der Waals surface area contributed by atoms with Gasteiger partial charge in [0, 0.05) is 0 Å². The van der Waals surface area contributed by atoms with Gasteiger partial charge in [0.2, 0.25) is 5.82 Å². The fourth-order valence-electron chi connectivity index (χ4n) is 2.72. The van der Waals surface area contributed by atoms with Gasteiger partial charge in [0.15, 0.2) is 11.5 Å². The SMILES string of the molecule is C[C@@H]1CCC[C@@](O)(C#Cc2nc(N)c3[nH]cnc3n2)C1. The molecule has 2 aromatic heterocycles. The van der Waals surface area contributed by atoms with Crippen LogP contribution in [0, 0.1) is 17.8 Å². The van der Waals surface area contributed by atoms with Crippen molar-refractivity contribution in [3.63, 3.8) is 0 Å². The number of aromatic nitrogens is 4. The standard InChI is InChI=1S/C14H17N5O/c1-9-3-2-5-14(20,7-9)6-4-10-18-12(15)11-13(19-10)17-8-16-11/h8-9,20H,2-3,5,7H2,1H3,(H3,15,16,17,18,19)/t9-,14-/m1/s1. The number of nitrogens with one attached hydrogen (secondary N) is 1. The van der Waals surface area contributed by atoms with E-state index in [1.165, 1.54) is 6.33 Å². The number of imidazole rings is 1. The molecule has 6 nitrogen and oxygen atoms in total. The number of aromatic amines is 1. The number of hydrogen-bond donors (Lipinski definition) is 3. The van der Waals surface area contributed by atoms with Gasteiger partial charge in [-0.15, -0.1) is 0 Å². The summed E-state index contributed by atoms with van der Waals surface area (Å²) in [5.74, 6) is 6.87. The molecule has 3 rings (SSSR count). The monoisotopic (exact) mass is 271 g/mol. The topological polar surface area (TPSA) is 101 Å². The van der Waals surface area contributed by atoms with Crippen LogP contribution >= 0.6 is 0 Å². The first-order valence-electron chi connectivity index (χ1n) is 6.78. The Bertz CT molecular complexity index is 698. The van der Waals surface area contributed by atoms with Crippen molar-refractivity contribution in [3.8, 4) is 11.8 Å². The van der Waals surface area contributed by atoms with E-state index in [0.29, 0.717) is 41.6 Å². The van der Waals surface area contributed by atoms with Crippen molar-refractivity contribution in [1.82, 2.24) is 19.9 Å².